The first-order valence-corrected chi connectivity index (χ1v) is 7.56. The molecule has 0 saturated carbocycles. The summed E-state index contributed by atoms with van der Waals surface area (Å²) in [6, 6.07) is 5.70. The largest absolute Gasteiger partial charge is 0.480 e. The van der Waals surface area contributed by atoms with Gasteiger partial charge in [0.15, 0.2) is 0 Å². The number of aryl methyl sites for hydroxylation is 1. The van der Waals surface area contributed by atoms with E-state index in [9.17, 15) is 9.90 Å². The lowest BCUT2D eigenvalue weighted by Crippen LogP contribution is -2.36. The van der Waals surface area contributed by atoms with Crippen molar-refractivity contribution in [3.8, 4) is 0 Å². The van der Waals surface area contributed by atoms with Gasteiger partial charge in [-0.2, -0.15) is 0 Å². The fourth-order valence-electron chi connectivity index (χ4n) is 3.34. The molecule has 0 aliphatic carbocycles. The van der Waals surface area contributed by atoms with Gasteiger partial charge in [0.25, 0.3) is 0 Å². The number of aliphatic carboxylic acids is 1. The van der Waals surface area contributed by atoms with Crippen molar-refractivity contribution < 1.29 is 9.90 Å². The lowest BCUT2D eigenvalue weighted by atomic mass is 10.0. The normalized spacial score (nSPS) is 18.0. The van der Waals surface area contributed by atoms with E-state index in [0.29, 0.717) is 6.42 Å². The van der Waals surface area contributed by atoms with Gasteiger partial charge in [-0.1, -0.05) is 18.2 Å². The van der Waals surface area contributed by atoms with Crippen LogP contribution >= 0.6 is 0 Å². The second kappa shape index (κ2) is 5.48. The van der Waals surface area contributed by atoms with Crippen molar-refractivity contribution in [2.45, 2.75) is 25.8 Å². The molecule has 0 amide bonds. The van der Waals surface area contributed by atoms with Crippen LogP contribution in [0.4, 0.5) is 11.5 Å². The van der Waals surface area contributed by atoms with E-state index in [1.165, 1.54) is 0 Å². The van der Waals surface area contributed by atoms with Gasteiger partial charge in [-0.3, -0.25) is 0 Å². The Balaban J connectivity index is 2.23. The van der Waals surface area contributed by atoms with Crippen LogP contribution in [0.3, 0.4) is 0 Å². The number of pyridine rings is 1. The predicted molar refractivity (Wildman–Crippen MR) is 88.8 cm³/mol. The van der Waals surface area contributed by atoms with Gasteiger partial charge < -0.3 is 14.9 Å². The molecule has 1 fully saturated rings. The molecule has 0 bridgehead atoms. The lowest BCUT2D eigenvalue weighted by Gasteiger charge is -2.27. The first-order chi connectivity index (χ1) is 10.5. The second-order valence-electron chi connectivity index (χ2n) is 6.05. The molecular weight excluding hydrogens is 278 g/mol. The van der Waals surface area contributed by atoms with E-state index in [1.54, 1.807) is 0 Å². The topological polar surface area (TPSA) is 56.7 Å². The summed E-state index contributed by atoms with van der Waals surface area (Å²) in [6.45, 7) is 2.83. The molecule has 1 aromatic heterocycles. The third kappa shape index (κ3) is 2.26. The highest BCUT2D eigenvalue weighted by atomic mass is 16.4. The van der Waals surface area contributed by atoms with Gasteiger partial charge in [0, 0.05) is 31.4 Å². The van der Waals surface area contributed by atoms with Crippen LogP contribution in [0.15, 0.2) is 24.4 Å². The fourth-order valence-corrected chi connectivity index (χ4v) is 3.34. The number of hydrogen-bond donors (Lipinski definition) is 1. The van der Waals surface area contributed by atoms with E-state index in [4.69, 9.17) is 0 Å². The number of fused-ring (bicyclic) bond motifs is 1. The van der Waals surface area contributed by atoms with Gasteiger partial charge in [-0.25, -0.2) is 9.78 Å². The molecule has 116 valence electrons. The molecule has 2 heterocycles. The van der Waals surface area contributed by atoms with E-state index in [2.05, 4.69) is 24.0 Å². The van der Waals surface area contributed by atoms with Crippen LogP contribution in [0.1, 0.15) is 18.4 Å². The fraction of sp³-hybridized carbons (Fsp3) is 0.412. The number of carboxylic acids is 1. The SMILES string of the molecule is Cc1cccc2c(N(C)C)ncc(N3CCCC3C(=O)O)c12. The minimum Gasteiger partial charge on any atom is -0.480 e. The highest BCUT2D eigenvalue weighted by molar-refractivity contribution is 6.03. The van der Waals surface area contributed by atoms with Crippen LogP contribution in [0, 0.1) is 6.92 Å². The smallest absolute Gasteiger partial charge is 0.326 e. The highest BCUT2D eigenvalue weighted by Gasteiger charge is 2.32. The molecule has 1 aliphatic heterocycles. The predicted octanol–water partition coefficient (Wildman–Crippen LogP) is 2.66. The molecule has 5 heteroatoms. The van der Waals surface area contributed by atoms with Crippen LogP contribution in [-0.2, 0) is 4.79 Å². The summed E-state index contributed by atoms with van der Waals surface area (Å²) in [5.41, 5.74) is 2.08. The number of benzene rings is 1. The average molecular weight is 299 g/mol. The van der Waals surface area contributed by atoms with E-state index < -0.39 is 12.0 Å². The third-order valence-electron chi connectivity index (χ3n) is 4.35. The summed E-state index contributed by atoms with van der Waals surface area (Å²) in [6.07, 6.45) is 3.42. The van der Waals surface area contributed by atoms with Gasteiger partial charge in [-0.15, -0.1) is 0 Å². The number of nitrogens with zero attached hydrogens (tertiary/aromatic N) is 3. The Morgan fingerprint density at radius 1 is 1.41 bits per heavy atom. The molecule has 0 radical (unpaired) electrons. The number of aromatic nitrogens is 1. The molecule has 0 spiro atoms. The zero-order valence-electron chi connectivity index (χ0n) is 13.2. The Hall–Kier alpha value is -2.30. The maximum Gasteiger partial charge on any atom is 0.326 e. The Labute approximate surface area is 130 Å². The maximum atomic E-state index is 11.5. The van der Waals surface area contributed by atoms with Crippen molar-refractivity contribution in [2.24, 2.45) is 0 Å². The van der Waals surface area contributed by atoms with Crippen LogP contribution in [-0.4, -0.2) is 42.7 Å². The van der Waals surface area contributed by atoms with Crippen molar-refractivity contribution in [3.63, 3.8) is 0 Å². The summed E-state index contributed by atoms with van der Waals surface area (Å²) in [4.78, 5) is 20.1. The number of hydrogen-bond acceptors (Lipinski definition) is 4. The standard InChI is InChI=1S/C17H21N3O2/c1-11-6-4-7-12-15(11)14(10-18-16(12)19(2)3)20-9-5-8-13(20)17(21)22/h4,6-7,10,13H,5,8-9H2,1-3H3,(H,21,22). The molecule has 1 atom stereocenters. The molecule has 1 aromatic carbocycles. The van der Waals surface area contributed by atoms with E-state index in [-0.39, 0.29) is 0 Å². The Kier molecular flexibility index (Phi) is 3.64. The summed E-state index contributed by atoms with van der Waals surface area (Å²) < 4.78 is 0. The van der Waals surface area contributed by atoms with Crippen molar-refractivity contribution in [3.05, 3.63) is 30.0 Å². The van der Waals surface area contributed by atoms with E-state index in [0.717, 1.165) is 40.8 Å². The Morgan fingerprint density at radius 3 is 2.86 bits per heavy atom. The second-order valence-corrected chi connectivity index (χ2v) is 6.05. The number of carboxylic acid groups (broad SMARTS) is 1. The van der Waals surface area contributed by atoms with Crippen molar-refractivity contribution in [1.29, 1.82) is 0 Å². The summed E-state index contributed by atoms with van der Waals surface area (Å²) in [7, 11) is 3.94. The van der Waals surface area contributed by atoms with Crippen LogP contribution < -0.4 is 9.80 Å². The summed E-state index contributed by atoms with van der Waals surface area (Å²) >= 11 is 0. The van der Waals surface area contributed by atoms with Gasteiger partial charge in [0.2, 0.25) is 0 Å². The van der Waals surface area contributed by atoms with Gasteiger partial charge in [0.1, 0.15) is 11.9 Å². The number of carbonyl (C=O) groups is 1. The zero-order chi connectivity index (χ0) is 15.9. The first kappa shape index (κ1) is 14.6. The minimum atomic E-state index is -0.754. The van der Waals surface area contributed by atoms with Crippen LogP contribution in [0.25, 0.3) is 10.8 Å². The first-order valence-electron chi connectivity index (χ1n) is 7.56. The third-order valence-corrected chi connectivity index (χ3v) is 4.35. The minimum absolute atomic E-state index is 0.449. The molecular formula is C17H21N3O2. The monoisotopic (exact) mass is 299 g/mol. The Morgan fingerprint density at radius 2 is 2.18 bits per heavy atom. The maximum absolute atomic E-state index is 11.5. The van der Waals surface area contributed by atoms with Crippen LogP contribution in [0.5, 0.6) is 0 Å². The lowest BCUT2D eigenvalue weighted by molar-refractivity contribution is -0.138. The van der Waals surface area contributed by atoms with Gasteiger partial charge in [0.05, 0.1) is 11.9 Å². The highest BCUT2D eigenvalue weighted by Crippen LogP contribution is 2.37. The summed E-state index contributed by atoms with van der Waals surface area (Å²) in [5.74, 6) is 0.157. The average Bonchev–Trinajstić information content (AvgIpc) is 2.95. The summed E-state index contributed by atoms with van der Waals surface area (Å²) in [5, 5.41) is 11.6. The molecule has 1 saturated heterocycles. The molecule has 1 aliphatic rings. The van der Waals surface area contributed by atoms with E-state index in [1.807, 2.05) is 36.2 Å². The Bertz CT molecular complexity index is 727. The van der Waals surface area contributed by atoms with Gasteiger partial charge in [-0.05, 0) is 25.3 Å². The molecule has 1 N–H and O–H groups in total. The number of anilines is 2. The van der Waals surface area contributed by atoms with Crippen molar-refractivity contribution in [1.82, 2.24) is 4.98 Å². The number of rotatable bonds is 3. The molecule has 3 rings (SSSR count). The van der Waals surface area contributed by atoms with Gasteiger partial charge >= 0.3 is 5.97 Å². The van der Waals surface area contributed by atoms with Crippen molar-refractivity contribution in [2.75, 3.05) is 30.4 Å². The van der Waals surface area contributed by atoms with Crippen molar-refractivity contribution >= 4 is 28.2 Å². The molecule has 1 unspecified atom stereocenters. The van der Waals surface area contributed by atoms with E-state index >= 15 is 0 Å². The quantitative estimate of drug-likeness (QED) is 0.944. The van der Waals surface area contributed by atoms with Crippen LogP contribution in [0.2, 0.25) is 0 Å². The molecule has 2 aromatic rings. The molecule has 5 nitrogen and oxygen atoms in total. The zero-order valence-corrected chi connectivity index (χ0v) is 13.2. The molecule has 22 heavy (non-hydrogen) atoms.